The number of aliphatic hydroxyl groups is 1. The Morgan fingerprint density at radius 3 is 1.92 bits per heavy atom. The van der Waals surface area contributed by atoms with Crippen molar-refractivity contribution < 1.29 is 5.11 Å². The third-order valence-corrected chi connectivity index (χ3v) is 1.25. The van der Waals surface area contributed by atoms with Crippen LogP contribution in [0.1, 0.15) is 59.8 Å². The summed E-state index contributed by atoms with van der Waals surface area (Å²) in [7, 11) is 0. The van der Waals surface area contributed by atoms with Gasteiger partial charge in [0.25, 0.3) is 0 Å². The zero-order valence-corrected chi connectivity index (χ0v) is 9.14. The summed E-state index contributed by atoms with van der Waals surface area (Å²) < 4.78 is 0. The van der Waals surface area contributed by atoms with Gasteiger partial charge in [0.15, 0.2) is 0 Å². The van der Waals surface area contributed by atoms with Gasteiger partial charge in [0.05, 0.1) is 0 Å². The van der Waals surface area contributed by atoms with Crippen molar-refractivity contribution in [3.05, 3.63) is 6.42 Å². The van der Waals surface area contributed by atoms with Crippen molar-refractivity contribution in [2.45, 2.75) is 65.9 Å². The molecule has 0 aromatic heterocycles. The molecule has 0 saturated carbocycles. The van der Waals surface area contributed by atoms with Crippen LogP contribution in [0.25, 0.3) is 0 Å². The summed E-state index contributed by atoms with van der Waals surface area (Å²) in [5, 5.41) is 8.06. The second-order valence-electron chi connectivity index (χ2n) is 3.31. The first-order chi connectivity index (χ1) is 5.65. The van der Waals surface area contributed by atoms with Crippen LogP contribution >= 0.6 is 0 Å². The number of unbranched alkanes of at least 4 members (excludes halogenated alkanes) is 5. The standard InChI is InChI=1S/C8H17.C3H8O/c1-3-5-7-8-6-4-2;1-3(2)4/h7H,3-6,8H2,1-2H3;3-4H,1-2H3. The lowest BCUT2D eigenvalue weighted by Crippen LogP contribution is -1.85. The van der Waals surface area contributed by atoms with Gasteiger partial charge in [-0.3, -0.25) is 0 Å². The van der Waals surface area contributed by atoms with Crippen molar-refractivity contribution in [2.24, 2.45) is 0 Å². The van der Waals surface area contributed by atoms with Crippen LogP contribution in [0.15, 0.2) is 0 Å². The van der Waals surface area contributed by atoms with Crippen molar-refractivity contribution in [3.8, 4) is 0 Å². The Hall–Kier alpha value is -0.0400. The monoisotopic (exact) mass is 173 g/mol. The van der Waals surface area contributed by atoms with Gasteiger partial charge in [-0.05, 0) is 20.3 Å². The fraction of sp³-hybridized carbons (Fsp3) is 0.909. The zero-order valence-electron chi connectivity index (χ0n) is 9.14. The molecule has 1 N–H and O–H groups in total. The third-order valence-electron chi connectivity index (χ3n) is 1.25. The van der Waals surface area contributed by atoms with E-state index in [0.29, 0.717) is 0 Å². The molecule has 0 unspecified atom stereocenters. The van der Waals surface area contributed by atoms with E-state index in [2.05, 4.69) is 20.3 Å². The fourth-order valence-corrected chi connectivity index (χ4v) is 0.697. The van der Waals surface area contributed by atoms with Gasteiger partial charge in [0, 0.05) is 6.10 Å². The molecule has 1 nitrogen and oxygen atoms in total. The molecule has 0 bridgehead atoms. The Labute approximate surface area is 78.2 Å². The maximum absolute atomic E-state index is 8.06. The average Bonchev–Trinajstić information content (AvgIpc) is 1.97. The first kappa shape index (κ1) is 14.5. The van der Waals surface area contributed by atoms with Gasteiger partial charge < -0.3 is 5.11 Å². The fourth-order valence-electron chi connectivity index (χ4n) is 0.697. The van der Waals surface area contributed by atoms with E-state index in [-0.39, 0.29) is 6.10 Å². The lowest BCUT2D eigenvalue weighted by molar-refractivity contribution is 0.216. The van der Waals surface area contributed by atoms with E-state index in [4.69, 9.17) is 5.11 Å². The Kier molecular flexibility index (Phi) is 16.3. The maximum atomic E-state index is 8.06. The molecular formula is C11H25O. The Bertz CT molecular complexity index is 51.3. The Morgan fingerprint density at radius 1 is 1.08 bits per heavy atom. The van der Waals surface area contributed by atoms with E-state index in [0.717, 1.165) is 0 Å². The van der Waals surface area contributed by atoms with Crippen LogP contribution in [-0.4, -0.2) is 11.2 Å². The van der Waals surface area contributed by atoms with Crippen molar-refractivity contribution in [3.63, 3.8) is 0 Å². The number of hydrogen-bond acceptors (Lipinski definition) is 1. The SMILES string of the molecule is CC(C)O.CCC[CH]CCCC. The summed E-state index contributed by atoms with van der Waals surface area (Å²) >= 11 is 0. The third kappa shape index (κ3) is 32.5. The average molecular weight is 173 g/mol. The number of hydrogen-bond donors (Lipinski definition) is 1. The highest BCUT2D eigenvalue weighted by Gasteiger charge is 1.83. The summed E-state index contributed by atoms with van der Waals surface area (Å²) in [4.78, 5) is 0. The summed E-state index contributed by atoms with van der Waals surface area (Å²) in [6.07, 6.45) is 8.87. The molecule has 0 saturated heterocycles. The van der Waals surface area contributed by atoms with Crippen molar-refractivity contribution >= 4 is 0 Å². The molecule has 0 aliphatic heterocycles. The minimum Gasteiger partial charge on any atom is -0.394 e. The molecule has 0 atom stereocenters. The molecule has 1 heteroatoms. The van der Waals surface area contributed by atoms with Crippen molar-refractivity contribution in [2.75, 3.05) is 0 Å². The van der Waals surface area contributed by atoms with Gasteiger partial charge >= 0.3 is 0 Å². The molecule has 0 aromatic rings. The highest BCUT2D eigenvalue weighted by Crippen LogP contribution is 2.01. The van der Waals surface area contributed by atoms with Gasteiger partial charge in [0.1, 0.15) is 0 Å². The van der Waals surface area contributed by atoms with Gasteiger partial charge in [0.2, 0.25) is 0 Å². The zero-order chi connectivity index (χ0) is 9.82. The molecule has 12 heavy (non-hydrogen) atoms. The van der Waals surface area contributed by atoms with E-state index in [9.17, 15) is 0 Å². The summed E-state index contributed by atoms with van der Waals surface area (Å²) in [5.74, 6) is 0. The molecule has 0 spiro atoms. The highest BCUT2D eigenvalue weighted by atomic mass is 16.3. The van der Waals surface area contributed by atoms with Crippen LogP contribution in [-0.2, 0) is 0 Å². The first-order valence-electron chi connectivity index (χ1n) is 5.14. The van der Waals surface area contributed by atoms with Crippen molar-refractivity contribution in [1.82, 2.24) is 0 Å². The van der Waals surface area contributed by atoms with E-state index < -0.39 is 0 Å². The Balaban J connectivity index is 0. The Morgan fingerprint density at radius 2 is 1.58 bits per heavy atom. The second kappa shape index (κ2) is 13.5. The number of aliphatic hydroxyl groups excluding tert-OH is 1. The van der Waals surface area contributed by atoms with E-state index in [1.165, 1.54) is 32.1 Å². The molecule has 0 fully saturated rings. The topological polar surface area (TPSA) is 20.2 Å². The van der Waals surface area contributed by atoms with Gasteiger partial charge in [-0.1, -0.05) is 46.0 Å². The normalized spacial score (nSPS) is 9.50. The molecular weight excluding hydrogens is 148 g/mol. The van der Waals surface area contributed by atoms with Crippen LogP contribution in [0, 0.1) is 6.42 Å². The van der Waals surface area contributed by atoms with Crippen LogP contribution in [0.2, 0.25) is 0 Å². The van der Waals surface area contributed by atoms with E-state index in [1.807, 2.05) is 0 Å². The van der Waals surface area contributed by atoms with Gasteiger partial charge in [-0.25, -0.2) is 0 Å². The lowest BCUT2D eigenvalue weighted by atomic mass is 10.1. The molecule has 0 heterocycles. The molecule has 0 aliphatic rings. The van der Waals surface area contributed by atoms with Crippen molar-refractivity contribution in [1.29, 1.82) is 0 Å². The lowest BCUT2D eigenvalue weighted by Gasteiger charge is -1.93. The molecule has 0 aliphatic carbocycles. The highest BCUT2D eigenvalue weighted by molar-refractivity contribution is 4.61. The predicted molar refractivity (Wildman–Crippen MR) is 56.1 cm³/mol. The van der Waals surface area contributed by atoms with Crippen LogP contribution in [0.4, 0.5) is 0 Å². The summed E-state index contributed by atoms with van der Waals surface area (Å²) in [5.41, 5.74) is 0. The minimum atomic E-state index is -0.167. The maximum Gasteiger partial charge on any atom is 0.0483 e. The van der Waals surface area contributed by atoms with Gasteiger partial charge in [-0.2, -0.15) is 0 Å². The number of rotatable bonds is 5. The molecule has 0 rings (SSSR count). The van der Waals surface area contributed by atoms with Crippen LogP contribution < -0.4 is 0 Å². The molecule has 0 amide bonds. The van der Waals surface area contributed by atoms with Crippen LogP contribution in [0.5, 0.6) is 0 Å². The smallest absolute Gasteiger partial charge is 0.0483 e. The summed E-state index contributed by atoms with van der Waals surface area (Å²) in [6, 6.07) is 0. The van der Waals surface area contributed by atoms with Gasteiger partial charge in [-0.15, -0.1) is 0 Å². The van der Waals surface area contributed by atoms with Crippen LogP contribution in [0.3, 0.4) is 0 Å². The largest absolute Gasteiger partial charge is 0.394 e. The van der Waals surface area contributed by atoms with E-state index in [1.54, 1.807) is 13.8 Å². The predicted octanol–water partition coefficient (Wildman–Crippen LogP) is 3.57. The van der Waals surface area contributed by atoms with E-state index >= 15 is 0 Å². The second-order valence-corrected chi connectivity index (χ2v) is 3.31. The molecule has 75 valence electrons. The molecule has 0 aromatic carbocycles. The quantitative estimate of drug-likeness (QED) is 0.630. The molecule has 1 radical (unpaired) electrons. The minimum absolute atomic E-state index is 0.167. The summed E-state index contributed by atoms with van der Waals surface area (Å²) in [6.45, 7) is 7.90. The first-order valence-corrected chi connectivity index (χ1v) is 5.14.